The monoisotopic (exact) mass is 291 g/mol. The molecule has 0 amide bonds. The van der Waals surface area contributed by atoms with Crippen molar-refractivity contribution < 1.29 is 17.2 Å². The lowest BCUT2D eigenvalue weighted by Crippen LogP contribution is -2.41. The van der Waals surface area contributed by atoms with Crippen LogP contribution < -0.4 is 5.32 Å². The second kappa shape index (κ2) is 4.40. The van der Waals surface area contributed by atoms with Crippen LogP contribution in [0.4, 0.5) is 8.78 Å². The molecule has 1 fully saturated rings. The fourth-order valence-corrected chi connectivity index (χ4v) is 3.01. The first-order valence-corrected chi connectivity index (χ1v) is 6.90. The summed E-state index contributed by atoms with van der Waals surface area (Å²) in [5.74, 6) is 0.192. The molecule has 0 aliphatic carbocycles. The molecule has 84 valence electrons. The van der Waals surface area contributed by atoms with Gasteiger partial charge >= 0.3 is 4.83 Å². The van der Waals surface area contributed by atoms with Gasteiger partial charge in [-0.3, -0.25) is 0 Å². The molecular formula is C7H12BrF2NO2S. The Kier molecular flexibility index (Phi) is 3.87. The zero-order chi connectivity index (χ0) is 10.8. The average molecular weight is 292 g/mol. The van der Waals surface area contributed by atoms with Crippen LogP contribution in [0.3, 0.4) is 0 Å². The Morgan fingerprint density at radius 3 is 2.29 bits per heavy atom. The third-order valence-electron chi connectivity index (χ3n) is 2.15. The van der Waals surface area contributed by atoms with Crippen LogP contribution >= 0.6 is 15.9 Å². The molecule has 14 heavy (non-hydrogen) atoms. The molecule has 0 aromatic heterocycles. The molecule has 1 aliphatic heterocycles. The summed E-state index contributed by atoms with van der Waals surface area (Å²) >= 11 is 2.21. The van der Waals surface area contributed by atoms with Gasteiger partial charge in [0, 0.05) is 6.04 Å². The van der Waals surface area contributed by atoms with Crippen LogP contribution in [0.2, 0.25) is 0 Å². The van der Waals surface area contributed by atoms with Crippen LogP contribution in [0.15, 0.2) is 0 Å². The van der Waals surface area contributed by atoms with Gasteiger partial charge in [-0.05, 0) is 28.8 Å². The van der Waals surface area contributed by atoms with E-state index in [0.717, 1.165) is 0 Å². The van der Waals surface area contributed by atoms with E-state index in [1.807, 2.05) is 0 Å². The predicted octanol–water partition coefficient (Wildman–Crippen LogP) is 1.14. The lowest BCUT2D eigenvalue weighted by Gasteiger charge is -2.24. The zero-order valence-electron chi connectivity index (χ0n) is 7.47. The standard InChI is InChI=1S/C7H12BrF2NO2S/c8-7(9,10)5-11-6-1-3-14(12,13)4-2-6/h6,11H,1-5H2. The van der Waals surface area contributed by atoms with Gasteiger partial charge in [0.2, 0.25) is 0 Å². The molecule has 1 saturated heterocycles. The van der Waals surface area contributed by atoms with E-state index in [9.17, 15) is 17.2 Å². The predicted molar refractivity (Wildman–Crippen MR) is 53.6 cm³/mol. The zero-order valence-corrected chi connectivity index (χ0v) is 9.87. The van der Waals surface area contributed by atoms with Gasteiger partial charge in [0.1, 0.15) is 9.84 Å². The van der Waals surface area contributed by atoms with Crippen molar-refractivity contribution in [3.63, 3.8) is 0 Å². The number of hydrogen-bond acceptors (Lipinski definition) is 3. The third kappa shape index (κ3) is 4.65. The molecule has 0 bridgehead atoms. The van der Waals surface area contributed by atoms with Crippen LogP contribution in [0.1, 0.15) is 12.8 Å². The summed E-state index contributed by atoms with van der Waals surface area (Å²) in [5, 5.41) is 2.64. The van der Waals surface area contributed by atoms with Crippen LogP contribution in [-0.4, -0.2) is 37.3 Å². The number of rotatable bonds is 3. The molecule has 0 atom stereocenters. The second-order valence-corrected chi connectivity index (χ2v) is 6.89. The number of nitrogens with one attached hydrogen (secondary N) is 1. The normalized spacial score (nSPS) is 23.6. The van der Waals surface area contributed by atoms with Gasteiger partial charge in [-0.1, -0.05) is 0 Å². The smallest absolute Gasteiger partial charge is 0.308 e. The van der Waals surface area contributed by atoms with E-state index in [1.165, 1.54) is 0 Å². The summed E-state index contributed by atoms with van der Waals surface area (Å²) in [4.78, 5) is -2.91. The molecule has 0 aromatic rings. The first-order valence-electron chi connectivity index (χ1n) is 4.29. The maximum Gasteiger partial charge on any atom is 0.313 e. The van der Waals surface area contributed by atoms with Crippen molar-refractivity contribution in [1.82, 2.24) is 5.32 Å². The van der Waals surface area contributed by atoms with Crippen molar-refractivity contribution in [1.29, 1.82) is 0 Å². The molecule has 3 nitrogen and oxygen atoms in total. The summed E-state index contributed by atoms with van der Waals surface area (Å²) in [6.45, 7) is -0.461. The number of sulfone groups is 1. The molecule has 7 heteroatoms. The minimum absolute atomic E-state index is 0.0958. The van der Waals surface area contributed by atoms with Crippen molar-refractivity contribution in [3.05, 3.63) is 0 Å². The first kappa shape index (κ1) is 12.3. The van der Waals surface area contributed by atoms with E-state index in [2.05, 4.69) is 21.2 Å². The Morgan fingerprint density at radius 2 is 1.86 bits per heavy atom. The SMILES string of the molecule is O=S1(=O)CCC(NCC(F)(F)Br)CC1. The average Bonchev–Trinajstić information content (AvgIpc) is 2.01. The van der Waals surface area contributed by atoms with E-state index < -0.39 is 21.2 Å². The van der Waals surface area contributed by atoms with Gasteiger partial charge in [0.05, 0.1) is 18.1 Å². The second-order valence-electron chi connectivity index (χ2n) is 3.42. The number of halogens is 3. The molecule has 0 aromatic carbocycles. The van der Waals surface area contributed by atoms with Crippen LogP contribution in [0.5, 0.6) is 0 Å². The van der Waals surface area contributed by atoms with Crippen LogP contribution in [-0.2, 0) is 9.84 Å². The van der Waals surface area contributed by atoms with Crippen molar-refractivity contribution in [2.24, 2.45) is 0 Å². The van der Waals surface area contributed by atoms with E-state index in [-0.39, 0.29) is 17.5 Å². The van der Waals surface area contributed by atoms with Crippen LogP contribution in [0, 0.1) is 0 Å². The molecule has 1 rings (SSSR count). The lowest BCUT2D eigenvalue weighted by atomic mass is 10.1. The number of alkyl halides is 3. The minimum atomic E-state index is -2.91. The Morgan fingerprint density at radius 1 is 1.36 bits per heavy atom. The van der Waals surface area contributed by atoms with E-state index in [1.54, 1.807) is 0 Å². The molecule has 1 aliphatic rings. The third-order valence-corrected chi connectivity index (χ3v) is 4.14. The fourth-order valence-electron chi connectivity index (χ4n) is 1.35. The highest BCUT2D eigenvalue weighted by molar-refractivity contribution is 9.10. The molecule has 0 unspecified atom stereocenters. The maximum atomic E-state index is 12.4. The molecule has 1 N–H and O–H groups in total. The molecule has 1 heterocycles. The highest BCUT2D eigenvalue weighted by Gasteiger charge is 2.28. The Bertz CT molecular complexity index is 275. The van der Waals surface area contributed by atoms with Gasteiger partial charge in [-0.25, -0.2) is 8.42 Å². The quantitative estimate of drug-likeness (QED) is 0.794. The van der Waals surface area contributed by atoms with Gasteiger partial charge < -0.3 is 5.32 Å². The van der Waals surface area contributed by atoms with Crippen molar-refractivity contribution in [2.45, 2.75) is 23.7 Å². The van der Waals surface area contributed by atoms with E-state index in [0.29, 0.717) is 12.8 Å². The summed E-state index contributed by atoms with van der Waals surface area (Å²) < 4.78 is 46.8. The van der Waals surface area contributed by atoms with Crippen LogP contribution in [0.25, 0.3) is 0 Å². The lowest BCUT2D eigenvalue weighted by molar-refractivity contribution is 0.108. The molecule has 0 radical (unpaired) electrons. The van der Waals surface area contributed by atoms with Crippen molar-refractivity contribution in [3.8, 4) is 0 Å². The van der Waals surface area contributed by atoms with Gasteiger partial charge in [-0.15, -0.1) is 0 Å². The summed E-state index contributed by atoms with van der Waals surface area (Å²) in [5.41, 5.74) is 0. The minimum Gasteiger partial charge on any atom is -0.308 e. The molecule has 0 spiro atoms. The Hall–Kier alpha value is 0.250. The van der Waals surface area contributed by atoms with Gasteiger partial charge in [0.25, 0.3) is 0 Å². The van der Waals surface area contributed by atoms with E-state index in [4.69, 9.17) is 0 Å². The molecular weight excluding hydrogens is 280 g/mol. The largest absolute Gasteiger partial charge is 0.313 e. The highest BCUT2D eigenvalue weighted by Crippen LogP contribution is 2.21. The first-order chi connectivity index (χ1) is 6.29. The summed E-state index contributed by atoms with van der Waals surface area (Å²) in [6, 6.07) is -0.109. The maximum absolute atomic E-state index is 12.4. The highest BCUT2D eigenvalue weighted by atomic mass is 79.9. The van der Waals surface area contributed by atoms with Gasteiger partial charge in [-0.2, -0.15) is 8.78 Å². The topological polar surface area (TPSA) is 46.2 Å². The molecule has 0 saturated carbocycles. The summed E-state index contributed by atoms with van der Waals surface area (Å²) in [6.07, 6.45) is 0.844. The van der Waals surface area contributed by atoms with Crippen molar-refractivity contribution >= 4 is 25.8 Å². The van der Waals surface area contributed by atoms with E-state index >= 15 is 0 Å². The number of hydrogen-bond donors (Lipinski definition) is 1. The fraction of sp³-hybridized carbons (Fsp3) is 1.00. The Balaban J connectivity index is 2.30. The van der Waals surface area contributed by atoms with Gasteiger partial charge in [0.15, 0.2) is 0 Å². The Labute approximate surface area is 90.3 Å². The summed E-state index contributed by atoms with van der Waals surface area (Å²) in [7, 11) is -2.91. The van der Waals surface area contributed by atoms with Crippen molar-refractivity contribution in [2.75, 3.05) is 18.1 Å².